The number of hydrogen-bond donors (Lipinski definition) is 2. The van der Waals surface area contributed by atoms with Gasteiger partial charge in [0.25, 0.3) is 0 Å². The maximum Gasteiger partial charge on any atom is 0.317 e. The van der Waals surface area contributed by atoms with Crippen LogP contribution < -0.4 is 0 Å². The van der Waals surface area contributed by atoms with Gasteiger partial charge in [-0.15, -0.1) is 6.42 Å². The first-order valence-corrected chi connectivity index (χ1v) is 3.62. The second-order valence-corrected chi connectivity index (χ2v) is 2.62. The Hall–Kier alpha value is -1.05. The standard InChI is InChI=1S/C8H13NO3/c1-3-4-9(5-7(2)10)6-8(11)12/h1,7,10H,4-6H2,2H3,(H,11,12). The summed E-state index contributed by atoms with van der Waals surface area (Å²) in [6, 6.07) is 0. The Morgan fingerprint density at radius 1 is 1.75 bits per heavy atom. The molecule has 0 spiro atoms. The van der Waals surface area contributed by atoms with Crippen molar-refractivity contribution in [2.24, 2.45) is 0 Å². The fraction of sp³-hybridized carbons (Fsp3) is 0.625. The fourth-order valence-electron chi connectivity index (χ4n) is 0.879. The SMILES string of the molecule is C#CCN(CC(=O)O)CC(C)O. The van der Waals surface area contributed by atoms with Crippen molar-refractivity contribution in [1.29, 1.82) is 0 Å². The van der Waals surface area contributed by atoms with Crippen molar-refractivity contribution >= 4 is 5.97 Å². The Balaban J connectivity index is 3.87. The first-order valence-electron chi connectivity index (χ1n) is 3.62. The molecule has 0 aromatic carbocycles. The summed E-state index contributed by atoms with van der Waals surface area (Å²) in [5.74, 6) is 1.39. The summed E-state index contributed by atoms with van der Waals surface area (Å²) in [7, 11) is 0. The minimum absolute atomic E-state index is 0.130. The van der Waals surface area contributed by atoms with E-state index < -0.39 is 12.1 Å². The number of nitrogens with zero attached hydrogens (tertiary/aromatic N) is 1. The Morgan fingerprint density at radius 3 is 2.67 bits per heavy atom. The molecule has 0 amide bonds. The Morgan fingerprint density at radius 2 is 2.33 bits per heavy atom. The van der Waals surface area contributed by atoms with E-state index >= 15 is 0 Å². The van der Waals surface area contributed by atoms with Crippen LogP contribution in [0.4, 0.5) is 0 Å². The van der Waals surface area contributed by atoms with E-state index in [9.17, 15) is 4.79 Å². The normalized spacial score (nSPS) is 12.5. The van der Waals surface area contributed by atoms with Gasteiger partial charge in [0.1, 0.15) is 0 Å². The molecule has 0 aromatic rings. The molecule has 68 valence electrons. The summed E-state index contributed by atoms with van der Waals surface area (Å²) in [6.07, 6.45) is 4.46. The number of terminal acetylenes is 1. The van der Waals surface area contributed by atoms with Gasteiger partial charge in [-0.25, -0.2) is 0 Å². The van der Waals surface area contributed by atoms with Crippen LogP contribution >= 0.6 is 0 Å². The molecule has 0 aliphatic heterocycles. The largest absolute Gasteiger partial charge is 0.480 e. The van der Waals surface area contributed by atoms with Gasteiger partial charge in [-0.2, -0.15) is 0 Å². The summed E-state index contributed by atoms with van der Waals surface area (Å²) in [5, 5.41) is 17.4. The zero-order chi connectivity index (χ0) is 9.56. The van der Waals surface area contributed by atoms with Crippen LogP contribution in [0.5, 0.6) is 0 Å². The predicted molar refractivity (Wildman–Crippen MR) is 44.6 cm³/mol. The Labute approximate surface area is 71.8 Å². The van der Waals surface area contributed by atoms with Gasteiger partial charge < -0.3 is 10.2 Å². The average Bonchev–Trinajstić information content (AvgIpc) is 1.84. The second-order valence-electron chi connectivity index (χ2n) is 2.62. The van der Waals surface area contributed by atoms with Crippen LogP contribution in [0, 0.1) is 12.3 Å². The first-order chi connectivity index (χ1) is 5.56. The molecular formula is C8H13NO3. The average molecular weight is 171 g/mol. The maximum atomic E-state index is 10.3. The van der Waals surface area contributed by atoms with Gasteiger partial charge in [0.05, 0.1) is 19.2 Å². The molecule has 1 atom stereocenters. The third kappa shape index (κ3) is 5.71. The monoisotopic (exact) mass is 171 g/mol. The summed E-state index contributed by atoms with van der Waals surface area (Å²) < 4.78 is 0. The molecular weight excluding hydrogens is 158 g/mol. The molecule has 0 radical (unpaired) electrons. The first kappa shape index (κ1) is 11.0. The molecule has 2 N–H and O–H groups in total. The van der Waals surface area contributed by atoms with E-state index in [0.29, 0.717) is 0 Å². The van der Waals surface area contributed by atoms with Gasteiger partial charge in [-0.1, -0.05) is 5.92 Å². The lowest BCUT2D eigenvalue weighted by molar-refractivity contribution is -0.138. The highest BCUT2D eigenvalue weighted by Gasteiger charge is 2.10. The van der Waals surface area contributed by atoms with Crippen LogP contribution in [-0.4, -0.2) is 46.8 Å². The lowest BCUT2D eigenvalue weighted by Crippen LogP contribution is -2.35. The highest BCUT2D eigenvalue weighted by atomic mass is 16.4. The summed E-state index contributed by atoms with van der Waals surface area (Å²) >= 11 is 0. The van der Waals surface area contributed by atoms with Crippen molar-refractivity contribution in [2.75, 3.05) is 19.6 Å². The van der Waals surface area contributed by atoms with Gasteiger partial charge in [0, 0.05) is 6.54 Å². The summed E-state index contributed by atoms with van der Waals surface area (Å²) in [6.45, 7) is 1.99. The smallest absolute Gasteiger partial charge is 0.317 e. The third-order valence-corrected chi connectivity index (χ3v) is 1.20. The third-order valence-electron chi connectivity index (χ3n) is 1.20. The van der Waals surface area contributed by atoms with E-state index in [1.165, 1.54) is 4.90 Å². The molecule has 0 heterocycles. The minimum Gasteiger partial charge on any atom is -0.480 e. The van der Waals surface area contributed by atoms with Crippen LogP contribution in [0.3, 0.4) is 0 Å². The molecule has 12 heavy (non-hydrogen) atoms. The number of carboxylic acid groups (broad SMARTS) is 1. The molecule has 0 saturated heterocycles. The molecule has 1 unspecified atom stereocenters. The lowest BCUT2D eigenvalue weighted by Gasteiger charge is -2.18. The Bertz CT molecular complexity index is 183. The van der Waals surface area contributed by atoms with E-state index in [0.717, 1.165) is 0 Å². The summed E-state index contributed by atoms with van der Waals surface area (Å²) in [5.41, 5.74) is 0. The van der Waals surface area contributed by atoms with E-state index in [1.54, 1.807) is 6.92 Å². The van der Waals surface area contributed by atoms with Gasteiger partial charge in [0.15, 0.2) is 0 Å². The second kappa shape index (κ2) is 5.58. The van der Waals surface area contributed by atoms with Crippen LogP contribution in [0.2, 0.25) is 0 Å². The van der Waals surface area contributed by atoms with E-state index in [2.05, 4.69) is 5.92 Å². The topological polar surface area (TPSA) is 60.8 Å². The van der Waals surface area contributed by atoms with Gasteiger partial charge >= 0.3 is 5.97 Å². The highest BCUT2D eigenvalue weighted by molar-refractivity contribution is 5.69. The van der Waals surface area contributed by atoms with E-state index in [4.69, 9.17) is 16.6 Å². The quantitative estimate of drug-likeness (QED) is 0.541. The maximum absolute atomic E-state index is 10.3. The minimum atomic E-state index is -0.939. The van der Waals surface area contributed by atoms with Crippen molar-refractivity contribution < 1.29 is 15.0 Å². The predicted octanol–water partition coefficient (Wildman–Crippen LogP) is -0.613. The molecule has 0 saturated carbocycles. The zero-order valence-electron chi connectivity index (χ0n) is 7.03. The van der Waals surface area contributed by atoms with Crippen LogP contribution in [0.15, 0.2) is 0 Å². The fourth-order valence-corrected chi connectivity index (χ4v) is 0.879. The molecule has 0 rings (SSSR count). The van der Waals surface area contributed by atoms with Gasteiger partial charge in [0.2, 0.25) is 0 Å². The molecule has 0 aromatic heterocycles. The van der Waals surface area contributed by atoms with Crippen LogP contribution in [0.1, 0.15) is 6.92 Å². The number of aliphatic hydroxyl groups excluding tert-OH is 1. The van der Waals surface area contributed by atoms with Crippen molar-refractivity contribution in [2.45, 2.75) is 13.0 Å². The van der Waals surface area contributed by atoms with Crippen LogP contribution in [0.25, 0.3) is 0 Å². The number of aliphatic carboxylic acids is 1. The molecule has 0 fully saturated rings. The lowest BCUT2D eigenvalue weighted by atomic mass is 10.3. The molecule has 4 nitrogen and oxygen atoms in total. The van der Waals surface area contributed by atoms with E-state index in [-0.39, 0.29) is 19.6 Å². The highest BCUT2D eigenvalue weighted by Crippen LogP contribution is 1.90. The Kier molecular flexibility index (Phi) is 5.09. The molecule has 4 heteroatoms. The summed E-state index contributed by atoms with van der Waals surface area (Å²) in [4.78, 5) is 11.8. The van der Waals surface area contributed by atoms with E-state index in [1.807, 2.05) is 0 Å². The van der Waals surface area contributed by atoms with Crippen molar-refractivity contribution in [3.05, 3.63) is 0 Å². The van der Waals surface area contributed by atoms with Crippen molar-refractivity contribution in [3.8, 4) is 12.3 Å². The van der Waals surface area contributed by atoms with Crippen molar-refractivity contribution in [3.63, 3.8) is 0 Å². The number of aliphatic hydroxyl groups is 1. The number of carbonyl (C=O) groups is 1. The van der Waals surface area contributed by atoms with Gasteiger partial charge in [-0.3, -0.25) is 9.69 Å². The number of hydrogen-bond acceptors (Lipinski definition) is 3. The molecule has 0 aliphatic rings. The number of carboxylic acids is 1. The molecule has 0 bridgehead atoms. The number of rotatable bonds is 5. The molecule has 0 aliphatic carbocycles. The van der Waals surface area contributed by atoms with Crippen molar-refractivity contribution in [1.82, 2.24) is 4.90 Å². The van der Waals surface area contributed by atoms with Gasteiger partial charge in [-0.05, 0) is 6.92 Å². The van der Waals surface area contributed by atoms with Crippen LogP contribution in [-0.2, 0) is 4.79 Å². The zero-order valence-corrected chi connectivity index (χ0v) is 7.03.